The number of hydrogen-bond acceptors (Lipinski definition) is 3. The first-order valence-corrected chi connectivity index (χ1v) is 11.1. The number of carbonyl (C=O) groups excluding carboxylic acids is 1. The van der Waals surface area contributed by atoms with Crippen LogP contribution in [0.15, 0.2) is 84.0 Å². The highest BCUT2D eigenvalue weighted by molar-refractivity contribution is 6.10. The second-order valence-corrected chi connectivity index (χ2v) is 7.69. The van der Waals surface area contributed by atoms with Gasteiger partial charge in [-0.2, -0.15) is 0 Å². The summed E-state index contributed by atoms with van der Waals surface area (Å²) in [7, 11) is 0. The molecule has 3 N–H and O–H groups in total. The Balaban J connectivity index is 1.50. The minimum absolute atomic E-state index is 0.232. The molecule has 6 nitrogen and oxygen atoms in total. The third-order valence-corrected chi connectivity index (χ3v) is 5.38. The minimum atomic E-state index is -0.232. The maximum absolute atomic E-state index is 12.9. The van der Waals surface area contributed by atoms with Gasteiger partial charge in [0.05, 0.1) is 6.61 Å². The van der Waals surface area contributed by atoms with Gasteiger partial charge in [0.2, 0.25) is 5.96 Å². The van der Waals surface area contributed by atoms with E-state index in [9.17, 15) is 4.79 Å². The molecule has 0 aliphatic carbocycles. The number of aryl methyl sites for hydroxylation is 1. The number of ether oxygens (including phenoxy) is 1. The van der Waals surface area contributed by atoms with Crippen LogP contribution in [0.3, 0.4) is 0 Å². The number of anilines is 1. The summed E-state index contributed by atoms with van der Waals surface area (Å²) in [6.45, 7) is 5.05. The van der Waals surface area contributed by atoms with Crippen molar-refractivity contribution in [3.8, 4) is 5.75 Å². The lowest BCUT2D eigenvalue weighted by molar-refractivity contribution is 0.0977. The quantitative estimate of drug-likeness (QED) is 0.269. The topological polar surface area (TPSA) is 78.5 Å². The van der Waals surface area contributed by atoms with Crippen LogP contribution in [-0.2, 0) is 6.42 Å². The lowest BCUT2D eigenvalue weighted by Crippen LogP contribution is -2.36. The molecule has 1 amide bonds. The maximum Gasteiger partial charge on any atom is 0.257 e. The maximum atomic E-state index is 12.9. The zero-order valence-corrected chi connectivity index (χ0v) is 18.9. The van der Waals surface area contributed by atoms with Gasteiger partial charge in [0.1, 0.15) is 5.75 Å². The molecule has 1 aromatic heterocycles. The van der Waals surface area contributed by atoms with Crippen LogP contribution in [0.5, 0.6) is 5.75 Å². The number of benzene rings is 3. The number of H-pyrrole nitrogens is 1. The predicted octanol–water partition coefficient (Wildman–Crippen LogP) is 5.32. The molecular weight excluding hydrogens is 412 g/mol. The fourth-order valence-electron chi connectivity index (χ4n) is 3.63. The number of rotatable bonds is 7. The summed E-state index contributed by atoms with van der Waals surface area (Å²) in [5.74, 6) is 0.924. The van der Waals surface area contributed by atoms with E-state index in [-0.39, 0.29) is 5.91 Å². The van der Waals surface area contributed by atoms with Crippen LogP contribution in [0.2, 0.25) is 0 Å². The standard InChI is InChI=1S/C27H28N4O2/c1-3-33-22-14-12-20(13-15-22)26(32)31-27(30-24-10-6-4-8-19(24)2)28-17-16-21-18-29-25-11-7-5-9-23(21)25/h4-15,18,29H,3,16-17H2,1-2H3,(H2,28,30,31,32). The molecule has 1 heterocycles. The molecule has 0 aliphatic rings. The number of aromatic amines is 1. The Morgan fingerprint density at radius 2 is 1.76 bits per heavy atom. The van der Waals surface area contributed by atoms with E-state index < -0.39 is 0 Å². The van der Waals surface area contributed by atoms with Gasteiger partial charge >= 0.3 is 0 Å². The van der Waals surface area contributed by atoms with Crippen LogP contribution in [-0.4, -0.2) is 30.0 Å². The molecule has 4 rings (SSSR count). The van der Waals surface area contributed by atoms with Crippen LogP contribution >= 0.6 is 0 Å². The van der Waals surface area contributed by atoms with Gasteiger partial charge < -0.3 is 15.0 Å². The molecule has 168 valence electrons. The average Bonchev–Trinajstić information content (AvgIpc) is 3.24. The van der Waals surface area contributed by atoms with Crippen LogP contribution in [0.4, 0.5) is 5.69 Å². The Bertz CT molecular complexity index is 1260. The monoisotopic (exact) mass is 440 g/mol. The molecule has 0 unspecified atom stereocenters. The van der Waals surface area contributed by atoms with Gasteiger partial charge in [-0.15, -0.1) is 0 Å². The Morgan fingerprint density at radius 1 is 1.00 bits per heavy atom. The van der Waals surface area contributed by atoms with E-state index in [1.807, 2.05) is 56.4 Å². The number of guanidine groups is 1. The first-order chi connectivity index (χ1) is 16.1. The fraction of sp³-hybridized carbons (Fsp3) is 0.185. The predicted molar refractivity (Wildman–Crippen MR) is 134 cm³/mol. The number of nitrogens with one attached hydrogen (secondary N) is 3. The summed E-state index contributed by atoms with van der Waals surface area (Å²) in [6, 6.07) is 23.2. The molecule has 0 bridgehead atoms. The Morgan fingerprint density at radius 3 is 2.55 bits per heavy atom. The van der Waals surface area contributed by atoms with Crippen LogP contribution in [0.25, 0.3) is 10.9 Å². The smallest absolute Gasteiger partial charge is 0.257 e. The number of aromatic nitrogens is 1. The van der Waals surface area contributed by atoms with Crippen molar-refractivity contribution in [2.24, 2.45) is 4.99 Å². The van der Waals surface area contributed by atoms with E-state index in [0.717, 1.165) is 28.9 Å². The van der Waals surface area contributed by atoms with Gasteiger partial charge in [-0.1, -0.05) is 36.4 Å². The van der Waals surface area contributed by atoms with Gasteiger partial charge in [-0.05, 0) is 67.8 Å². The van der Waals surface area contributed by atoms with Crippen molar-refractivity contribution >= 4 is 28.5 Å². The summed E-state index contributed by atoms with van der Waals surface area (Å²) >= 11 is 0. The van der Waals surface area contributed by atoms with E-state index in [0.29, 0.717) is 24.7 Å². The van der Waals surface area contributed by atoms with Gasteiger partial charge in [-0.25, -0.2) is 0 Å². The molecule has 0 atom stereocenters. The Kier molecular flexibility index (Phi) is 7.05. The highest BCUT2D eigenvalue weighted by Gasteiger charge is 2.11. The molecule has 0 spiro atoms. The lowest BCUT2D eigenvalue weighted by Gasteiger charge is -2.14. The first-order valence-electron chi connectivity index (χ1n) is 11.1. The van der Waals surface area contributed by atoms with E-state index in [2.05, 4.69) is 32.7 Å². The second kappa shape index (κ2) is 10.5. The van der Waals surface area contributed by atoms with Crippen LogP contribution in [0.1, 0.15) is 28.4 Å². The van der Waals surface area contributed by atoms with Crippen LogP contribution in [0, 0.1) is 6.92 Å². The van der Waals surface area contributed by atoms with E-state index in [1.54, 1.807) is 24.3 Å². The van der Waals surface area contributed by atoms with Gasteiger partial charge in [-0.3, -0.25) is 15.1 Å². The zero-order chi connectivity index (χ0) is 23.0. The third kappa shape index (κ3) is 5.60. The molecule has 4 aromatic rings. The number of aliphatic imine (C=N–C) groups is 1. The largest absolute Gasteiger partial charge is 0.494 e. The molecular formula is C27H28N4O2. The normalized spacial score (nSPS) is 11.4. The number of nitrogens with zero attached hydrogens (tertiary/aromatic N) is 1. The van der Waals surface area contributed by atoms with Crippen molar-refractivity contribution in [2.45, 2.75) is 20.3 Å². The molecule has 6 heteroatoms. The SMILES string of the molecule is CCOc1ccc(C(=O)NC(=NCCc2c[nH]c3ccccc23)Nc2ccccc2C)cc1. The van der Waals surface area contributed by atoms with Gasteiger partial charge in [0.25, 0.3) is 5.91 Å². The summed E-state index contributed by atoms with van der Waals surface area (Å²) < 4.78 is 5.46. The number of para-hydroxylation sites is 2. The fourth-order valence-corrected chi connectivity index (χ4v) is 3.63. The Hall–Kier alpha value is -4.06. The average molecular weight is 441 g/mol. The highest BCUT2D eigenvalue weighted by atomic mass is 16.5. The van der Waals surface area contributed by atoms with Crippen molar-refractivity contribution in [2.75, 3.05) is 18.5 Å². The Labute approximate surface area is 193 Å². The van der Waals surface area contributed by atoms with Crippen molar-refractivity contribution in [1.82, 2.24) is 10.3 Å². The number of hydrogen-bond donors (Lipinski definition) is 3. The zero-order valence-electron chi connectivity index (χ0n) is 18.9. The van der Waals surface area contributed by atoms with Crippen molar-refractivity contribution in [3.05, 3.63) is 95.7 Å². The molecule has 0 radical (unpaired) electrons. The van der Waals surface area contributed by atoms with E-state index in [1.165, 1.54) is 10.9 Å². The molecule has 33 heavy (non-hydrogen) atoms. The first kappa shape index (κ1) is 22.1. The number of amides is 1. The van der Waals surface area contributed by atoms with E-state index in [4.69, 9.17) is 4.74 Å². The van der Waals surface area contributed by atoms with Crippen molar-refractivity contribution < 1.29 is 9.53 Å². The molecule has 0 fully saturated rings. The van der Waals surface area contributed by atoms with Gasteiger partial charge in [0, 0.05) is 34.9 Å². The molecule has 3 aromatic carbocycles. The minimum Gasteiger partial charge on any atom is -0.494 e. The van der Waals surface area contributed by atoms with Crippen molar-refractivity contribution in [3.63, 3.8) is 0 Å². The summed E-state index contributed by atoms with van der Waals surface area (Å²) in [5, 5.41) is 7.41. The lowest BCUT2D eigenvalue weighted by atomic mass is 10.1. The summed E-state index contributed by atoms with van der Waals surface area (Å²) in [5.41, 5.74) is 4.81. The second-order valence-electron chi connectivity index (χ2n) is 7.69. The molecule has 0 saturated heterocycles. The van der Waals surface area contributed by atoms with Gasteiger partial charge in [0.15, 0.2) is 0 Å². The number of carbonyl (C=O) groups is 1. The third-order valence-electron chi connectivity index (χ3n) is 5.38. The molecule has 0 saturated carbocycles. The number of fused-ring (bicyclic) bond motifs is 1. The van der Waals surface area contributed by atoms with E-state index >= 15 is 0 Å². The van der Waals surface area contributed by atoms with Crippen LogP contribution < -0.4 is 15.4 Å². The highest BCUT2D eigenvalue weighted by Crippen LogP contribution is 2.18. The van der Waals surface area contributed by atoms with Crippen molar-refractivity contribution in [1.29, 1.82) is 0 Å². The summed E-state index contributed by atoms with van der Waals surface area (Å²) in [6.07, 6.45) is 2.77. The molecule has 0 aliphatic heterocycles. The summed E-state index contributed by atoms with van der Waals surface area (Å²) in [4.78, 5) is 20.9.